The lowest BCUT2D eigenvalue weighted by Gasteiger charge is -2.24. The van der Waals surface area contributed by atoms with E-state index in [1.807, 2.05) is 0 Å². The van der Waals surface area contributed by atoms with Gasteiger partial charge in [0.05, 0.1) is 12.5 Å². The first kappa shape index (κ1) is 8.05. The zero-order chi connectivity index (χ0) is 8.60. The van der Waals surface area contributed by atoms with Crippen molar-refractivity contribution in [3.63, 3.8) is 0 Å². The predicted molar refractivity (Wildman–Crippen MR) is 44.7 cm³/mol. The van der Waals surface area contributed by atoms with Crippen LogP contribution >= 0.6 is 0 Å². The van der Waals surface area contributed by atoms with Crippen LogP contribution in [0.1, 0.15) is 19.3 Å². The van der Waals surface area contributed by atoms with E-state index in [0.717, 1.165) is 19.5 Å². The van der Waals surface area contributed by atoms with E-state index in [-0.39, 0.29) is 11.4 Å². The first-order valence-corrected chi connectivity index (χ1v) is 4.59. The molecule has 0 aromatic carbocycles. The van der Waals surface area contributed by atoms with E-state index in [2.05, 4.69) is 5.32 Å². The van der Waals surface area contributed by atoms with E-state index in [9.17, 15) is 4.79 Å². The van der Waals surface area contributed by atoms with Crippen LogP contribution in [0.5, 0.6) is 0 Å². The van der Waals surface area contributed by atoms with Crippen LogP contribution in [0.15, 0.2) is 0 Å². The van der Waals surface area contributed by atoms with Gasteiger partial charge in [-0.15, -0.1) is 0 Å². The molecule has 1 saturated heterocycles. The van der Waals surface area contributed by atoms with Gasteiger partial charge < -0.3 is 10.1 Å². The minimum absolute atomic E-state index is 0.00463. The molecule has 68 valence electrons. The number of rotatable bonds is 2. The quantitative estimate of drug-likeness (QED) is 0.613. The van der Waals surface area contributed by atoms with Crippen molar-refractivity contribution in [2.45, 2.75) is 19.3 Å². The Hall–Kier alpha value is -0.570. The Labute approximate surface area is 72.5 Å². The van der Waals surface area contributed by atoms with Crippen molar-refractivity contribution in [1.82, 2.24) is 5.32 Å². The molecule has 0 bridgehead atoms. The summed E-state index contributed by atoms with van der Waals surface area (Å²) in [6.07, 6.45) is 3.37. The molecule has 2 fully saturated rings. The highest BCUT2D eigenvalue weighted by Gasteiger charge is 2.53. The van der Waals surface area contributed by atoms with Crippen LogP contribution in [0.2, 0.25) is 0 Å². The van der Waals surface area contributed by atoms with Gasteiger partial charge in [0, 0.05) is 6.54 Å². The monoisotopic (exact) mass is 169 g/mol. The molecule has 1 saturated carbocycles. The molecule has 3 nitrogen and oxygen atoms in total. The molecule has 1 N–H and O–H groups in total. The first-order valence-electron chi connectivity index (χ1n) is 4.59. The van der Waals surface area contributed by atoms with Gasteiger partial charge in [0.1, 0.15) is 0 Å². The summed E-state index contributed by atoms with van der Waals surface area (Å²) in [7, 11) is 1.49. The van der Waals surface area contributed by atoms with Crippen molar-refractivity contribution in [1.29, 1.82) is 0 Å². The second-order valence-electron chi connectivity index (χ2n) is 3.85. The highest BCUT2D eigenvalue weighted by atomic mass is 16.5. The topological polar surface area (TPSA) is 38.3 Å². The van der Waals surface area contributed by atoms with Gasteiger partial charge in [-0.05, 0) is 31.7 Å². The van der Waals surface area contributed by atoms with Gasteiger partial charge in [-0.2, -0.15) is 0 Å². The fourth-order valence-electron chi connectivity index (χ4n) is 2.24. The number of nitrogens with one attached hydrogen (secondary N) is 1. The molecule has 1 heterocycles. The Morgan fingerprint density at radius 3 is 2.75 bits per heavy atom. The summed E-state index contributed by atoms with van der Waals surface area (Å²) in [4.78, 5) is 11.6. The van der Waals surface area contributed by atoms with Gasteiger partial charge >= 0.3 is 5.97 Å². The molecular weight excluding hydrogens is 154 g/mol. The van der Waals surface area contributed by atoms with Crippen LogP contribution in [0.25, 0.3) is 0 Å². The average molecular weight is 169 g/mol. The number of carbonyl (C=O) groups is 1. The molecule has 1 atom stereocenters. The van der Waals surface area contributed by atoms with Crippen LogP contribution in [-0.2, 0) is 9.53 Å². The molecular formula is C9H15NO2. The second-order valence-corrected chi connectivity index (χ2v) is 3.85. The standard InChI is InChI=1S/C9H15NO2/c1-12-8(11)9(7-2-3-7)4-5-10-6-9/h7,10H,2-6H2,1H3. The van der Waals surface area contributed by atoms with E-state index in [1.54, 1.807) is 0 Å². The van der Waals surface area contributed by atoms with Crippen LogP contribution in [0.4, 0.5) is 0 Å². The van der Waals surface area contributed by atoms with Crippen molar-refractivity contribution >= 4 is 5.97 Å². The maximum atomic E-state index is 11.6. The van der Waals surface area contributed by atoms with Gasteiger partial charge in [-0.1, -0.05) is 0 Å². The molecule has 12 heavy (non-hydrogen) atoms. The van der Waals surface area contributed by atoms with Crippen molar-refractivity contribution in [3.05, 3.63) is 0 Å². The molecule has 0 aromatic heterocycles. The van der Waals surface area contributed by atoms with E-state index in [4.69, 9.17) is 4.74 Å². The smallest absolute Gasteiger partial charge is 0.313 e. The summed E-state index contributed by atoms with van der Waals surface area (Å²) in [6, 6.07) is 0. The lowest BCUT2D eigenvalue weighted by Crippen LogP contribution is -2.36. The van der Waals surface area contributed by atoms with Crippen molar-refractivity contribution in [2.24, 2.45) is 11.3 Å². The molecule has 1 aliphatic heterocycles. The van der Waals surface area contributed by atoms with Gasteiger partial charge in [0.25, 0.3) is 0 Å². The minimum atomic E-state index is -0.158. The van der Waals surface area contributed by atoms with E-state index in [1.165, 1.54) is 20.0 Å². The van der Waals surface area contributed by atoms with E-state index in [0.29, 0.717) is 5.92 Å². The zero-order valence-corrected chi connectivity index (χ0v) is 7.43. The Morgan fingerprint density at radius 2 is 2.33 bits per heavy atom. The maximum Gasteiger partial charge on any atom is 0.313 e. The fraction of sp³-hybridized carbons (Fsp3) is 0.889. The summed E-state index contributed by atoms with van der Waals surface area (Å²) in [5.41, 5.74) is -0.158. The minimum Gasteiger partial charge on any atom is -0.469 e. The Balaban J connectivity index is 2.14. The van der Waals surface area contributed by atoms with Crippen LogP contribution < -0.4 is 5.32 Å². The number of hydrogen-bond donors (Lipinski definition) is 1. The van der Waals surface area contributed by atoms with Gasteiger partial charge in [-0.25, -0.2) is 0 Å². The summed E-state index contributed by atoms with van der Waals surface area (Å²) in [5.74, 6) is 0.593. The molecule has 0 spiro atoms. The third kappa shape index (κ3) is 1.04. The third-order valence-electron chi connectivity index (χ3n) is 3.14. The van der Waals surface area contributed by atoms with Gasteiger partial charge in [0.15, 0.2) is 0 Å². The number of ether oxygens (including phenoxy) is 1. The summed E-state index contributed by atoms with van der Waals surface area (Å²) in [6.45, 7) is 1.79. The molecule has 0 aromatic rings. The fourth-order valence-corrected chi connectivity index (χ4v) is 2.24. The third-order valence-corrected chi connectivity index (χ3v) is 3.14. The molecule has 1 unspecified atom stereocenters. The highest BCUT2D eigenvalue weighted by molar-refractivity contribution is 5.78. The van der Waals surface area contributed by atoms with Gasteiger partial charge in [0.2, 0.25) is 0 Å². The molecule has 0 amide bonds. The maximum absolute atomic E-state index is 11.6. The summed E-state index contributed by atoms with van der Waals surface area (Å²) in [5, 5.41) is 3.25. The highest BCUT2D eigenvalue weighted by Crippen LogP contribution is 2.49. The zero-order valence-electron chi connectivity index (χ0n) is 7.43. The number of carbonyl (C=O) groups excluding carboxylic acids is 1. The normalized spacial score (nSPS) is 35.1. The summed E-state index contributed by atoms with van der Waals surface area (Å²) >= 11 is 0. The van der Waals surface area contributed by atoms with E-state index >= 15 is 0 Å². The average Bonchev–Trinajstić information content (AvgIpc) is 2.84. The largest absolute Gasteiger partial charge is 0.469 e. The van der Waals surface area contributed by atoms with Crippen LogP contribution in [-0.4, -0.2) is 26.2 Å². The lowest BCUT2D eigenvalue weighted by molar-refractivity contribution is -0.153. The van der Waals surface area contributed by atoms with Crippen LogP contribution in [0, 0.1) is 11.3 Å². The van der Waals surface area contributed by atoms with Gasteiger partial charge in [-0.3, -0.25) is 4.79 Å². The SMILES string of the molecule is COC(=O)C1(C2CC2)CCNC1. The van der Waals surface area contributed by atoms with Crippen LogP contribution in [0.3, 0.4) is 0 Å². The Morgan fingerprint density at radius 1 is 1.58 bits per heavy atom. The number of esters is 1. The molecule has 2 rings (SSSR count). The van der Waals surface area contributed by atoms with Crippen molar-refractivity contribution in [2.75, 3.05) is 20.2 Å². The van der Waals surface area contributed by atoms with Crippen molar-refractivity contribution < 1.29 is 9.53 Å². The molecule has 2 aliphatic rings. The lowest BCUT2D eigenvalue weighted by atomic mass is 9.82. The van der Waals surface area contributed by atoms with E-state index < -0.39 is 0 Å². The Bertz CT molecular complexity index is 193. The molecule has 1 aliphatic carbocycles. The second kappa shape index (κ2) is 2.73. The molecule has 0 radical (unpaired) electrons. The Kier molecular flexibility index (Phi) is 1.83. The first-order chi connectivity index (χ1) is 5.79. The summed E-state index contributed by atoms with van der Waals surface area (Å²) < 4.78 is 4.86. The molecule has 3 heteroatoms. The van der Waals surface area contributed by atoms with Crippen molar-refractivity contribution in [3.8, 4) is 0 Å². The number of methoxy groups -OCH3 is 1. The predicted octanol–water partition coefficient (Wildman–Crippen LogP) is 0.549. The number of hydrogen-bond acceptors (Lipinski definition) is 3.